The number of nitrogens with zero attached hydrogens (tertiary/aromatic N) is 3. The van der Waals surface area contributed by atoms with E-state index < -0.39 is 0 Å². The Kier molecular flexibility index (Phi) is 6.09. The number of aromatic nitrogens is 2. The number of benzene rings is 1. The molecule has 0 unspecified atom stereocenters. The fourth-order valence-corrected chi connectivity index (χ4v) is 5.25. The molecule has 1 aliphatic heterocycles. The van der Waals surface area contributed by atoms with E-state index in [9.17, 15) is 0 Å². The maximum Gasteiger partial charge on any atom is 0.170 e. The van der Waals surface area contributed by atoms with Gasteiger partial charge in [0.25, 0.3) is 0 Å². The van der Waals surface area contributed by atoms with Gasteiger partial charge in [-0.15, -0.1) is 0 Å². The number of nitrogens with one attached hydrogen (secondary N) is 1. The van der Waals surface area contributed by atoms with Crippen molar-refractivity contribution in [3.63, 3.8) is 0 Å². The van der Waals surface area contributed by atoms with E-state index in [1.54, 1.807) is 0 Å². The van der Waals surface area contributed by atoms with Crippen LogP contribution in [0.3, 0.4) is 0 Å². The highest BCUT2D eigenvalue weighted by atomic mass is 35.5. The van der Waals surface area contributed by atoms with Gasteiger partial charge in [-0.1, -0.05) is 37.6 Å². The van der Waals surface area contributed by atoms with Crippen LogP contribution >= 0.6 is 23.8 Å². The second kappa shape index (κ2) is 8.64. The van der Waals surface area contributed by atoms with Gasteiger partial charge in [-0.05, 0) is 74.8 Å². The number of hydrogen-bond acceptors (Lipinski definition) is 2. The minimum Gasteiger partial charge on any atom is -0.352 e. The van der Waals surface area contributed by atoms with Crippen LogP contribution < -0.4 is 5.32 Å². The normalized spacial score (nSPS) is 18.7. The molecule has 0 bridgehead atoms. The van der Waals surface area contributed by atoms with Crippen molar-refractivity contribution in [3.8, 4) is 5.69 Å². The maximum absolute atomic E-state index is 6.32. The average Bonchev–Trinajstić information content (AvgIpc) is 3.15. The van der Waals surface area contributed by atoms with Crippen LogP contribution in [0.1, 0.15) is 54.1 Å². The van der Waals surface area contributed by atoms with E-state index >= 15 is 0 Å². The predicted octanol–water partition coefficient (Wildman–Crippen LogP) is 6.08. The largest absolute Gasteiger partial charge is 0.352 e. The first-order chi connectivity index (χ1) is 14.8. The summed E-state index contributed by atoms with van der Waals surface area (Å²) in [6.45, 7) is 11.9. The molecule has 4 rings (SSSR count). The molecule has 0 aliphatic carbocycles. The summed E-state index contributed by atoms with van der Waals surface area (Å²) in [5.74, 6) is 0.487. The molecule has 0 saturated carbocycles. The monoisotopic (exact) mass is 452 g/mol. The molecule has 2 atom stereocenters. The summed E-state index contributed by atoms with van der Waals surface area (Å²) in [6.07, 6.45) is 1.85. The van der Waals surface area contributed by atoms with Gasteiger partial charge < -0.3 is 14.8 Å². The van der Waals surface area contributed by atoms with Gasteiger partial charge in [-0.25, -0.2) is 0 Å². The maximum atomic E-state index is 6.32. The van der Waals surface area contributed by atoms with Crippen LogP contribution in [0, 0.1) is 26.7 Å². The quantitative estimate of drug-likeness (QED) is 0.475. The van der Waals surface area contributed by atoms with Gasteiger partial charge in [-0.3, -0.25) is 4.98 Å². The van der Waals surface area contributed by atoms with Gasteiger partial charge in [-0.2, -0.15) is 0 Å². The zero-order valence-electron chi connectivity index (χ0n) is 18.7. The van der Waals surface area contributed by atoms with Gasteiger partial charge in [0.15, 0.2) is 5.11 Å². The fraction of sp³-hybridized carbons (Fsp3) is 0.360. The van der Waals surface area contributed by atoms with Crippen LogP contribution in [0.5, 0.6) is 0 Å². The third kappa shape index (κ3) is 3.97. The summed E-state index contributed by atoms with van der Waals surface area (Å²) >= 11 is 12.1. The molecule has 6 heteroatoms. The predicted molar refractivity (Wildman–Crippen MR) is 132 cm³/mol. The zero-order chi connectivity index (χ0) is 22.3. The second-order valence-electron chi connectivity index (χ2n) is 8.70. The van der Waals surface area contributed by atoms with Gasteiger partial charge in [0.1, 0.15) is 0 Å². The van der Waals surface area contributed by atoms with Crippen molar-refractivity contribution in [2.75, 3.05) is 6.54 Å². The van der Waals surface area contributed by atoms with E-state index in [-0.39, 0.29) is 12.1 Å². The van der Waals surface area contributed by atoms with E-state index in [1.165, 1.54) is 22.5 Å². The molecule has 3 heterocycles. The number of rotatable bonds is 5. The lowest BCUT2D eigenvalue weighted by atomic mass is 9.93. The Balaban J connectivity index is 1.90. The summed E-state index contributed by atoms with van der Waals surface area (Å²) in [4.78, 5) is 7.01. The van der Waals surface area contributed by atoms with Crippen LogP contribution in [-0.4, -0.2) is 26.1 Å². The Hall–Kier alpha value is -2.37. The van der Waals surface area contributed by atoms with Crippen molar-refractivity contribution in [2.24, 2.45) is 5.92 Å². The lowest BCUT2D eigenvalue weighted by molar-refractivity contribution is 0.286. The Morgan fingerprint density at radius 2 is 1.87 bits per heavy atom. The molecular weight excluding hydrogens is 424 g/mol. The molecule has 31 heavy (non-hydrogen) atoms. The zero-order valence-corrected chi connectivity index (χ0v) is 20.3. The number of halogens is 1. The average molecular weight is 453 g/mol. The molecule has 2 aromatic heterocycles. The molecule has 4 nitrogen and oxygen atoms in total. The Morgan fingerprint density at radius 3 is 2.52 bits per heavy atom. The molecule has 3 aromatic rings. The summed E-state index contributed by atoms with van der Waals surface area (Å²) in [5.41, 5.74) is 7.10. The Morgan fingerprint density at radius 1 is 1.10 bits per heavy atom. The fourth-order valence-electron chi connectivity index (χ4n) is 4.75. The van der Waals surface area contributed by atoms with Crippen LogP contribution in [0.2, 0.25) is 5.02 Å². The van der Waals surface area contributed by atoms with Crippen LogP contribution in [0.15, 0.2) is 48.7 Å². The third-order valence-electron chi connectivity index (χ3n) is 6.13. The molecule has 0 spiro atoms. The summed E-state index contributed by atoms with van der Waals surface area (Å²) in [7, 11) is 0. The minimum absolute atomic E-state index is 0.000499. The summed E-state index contributed by atoms with van der Waals surface area (Å²) in [5, 5.41) is 5.10. The standard InChI is InChI=1S/C25H29ClN4S/c1-15(2)14-29-24(23(28-25(29)31)21-11-6-7-12-27-21)22-16(3)17(4)30(18(22)5)20-10-8-9-19(26)13-20/h6-13,15,23-24H,14H2,1-5H3,(H,28,31)/t23-,24-/m1/s1. The highest BCUT2D eigenvalue weighted by Crippen LogP contribution is 2.43. The van der Waals surface area contributed by atoms with Crippen molar-refractivity contribution in [3.05, 3.63) is 81.9 Å². The second-order valence-corrected chi connectivity index (χ2v) is 9.52. The molecular formula is C25H29ClN4S. The first-order valence-corrected chi connectivity index (χ1v) is 11.5. The molecule has 1 aromatic carbocycles. The van der Waals surface area contributed by atoms with Gasteiger partial charge in [0.2, 0.25) is 0 Å². The molecule has 1 N–H and O–H groups in total. The summed E-state index contributed by atoms with van der Waals surface area (Å²) < 4.78 is 2.31. The smallest absolute Gasteiger partial charge is 0.170 e. The van der Waals surface area contributed by atoms with Crippen molar-refractivity contribution in [2.45, 2.75) is 46.7 Å². The topological polar surface area (TPSA) is 33.1 Å². The van der Waals surface area contributed by atoms with Crippen molar-refractivity contribution in [1.29, 1.82) is 0 Å². The lowest BCUT2D eigenvalue weighted by Crippen LogP contribution is -2.33. The van der Waals surface area contributed by atoms with Gasteiger partial charge >= 0.3 is 0 Å². The summed E-state index contributed by atoms with van der Waals surface area (Å²) in [6, 6.07) is 14.2. The van der Waals surface area contributed by atoms with Crippen LogP contribution in [-0.2, 0) is 0 Å². The molecule has 1 aliphatic rings. The molecule has 0 amide bonds. The van der Waals surface area contributed by atoms with E-state index in [1.807, 2.05) is 36.5 Å². The lowest BCUT2D eigenvalue weighted by Gasteiger charge is -2.30. The van der Waals surface area contributed by atoms with E-state index in [2.05, 4.69) is 66.5 Å². The molecule has 162 valence electrons. The molecule has 0 radical (unpaired) electrons. The van der Waals surface area contributed by atoms with Gasteiger partial charge in [0, 0.05) is 40.4 Å². The number of hydrogen-bond donors (Lipinski definition) is 1. The number of pyridine rings is 1. The van der Waals surface area contributed by atoms with E-state index in [0.717, 1.165) is 28.1 Å². The van der Waals surface area contributed by atoms with Crippen LogP contribution in [0.4, 0.5) is 0 Å². The third-order valence-corrected chi connectivity index (χ3v) is 6.72. The van der Waals surface area contributed by atoms with Gasteiger partial charge in [0.05, 0.1) is 17.8 Å². The van der Waals surface area contributed by atoms with Crippen molar-refractivity contribution >= 4 is 28.9 Å². The van der Waals surface area contributed by atoms with Crippen LogP contribution in [0.25, 0.3) is 5.69 Å². The van der Waals surface area contributed by atoms with Crippen molar-refractivity contribution < 1.29 is 0 Å². The molecule has 1 saturated heterocycles. The first kappa shape index (κ1) is 21.8. The number of thiocarbonyl (C=S) groups is 1. The minimum atomic E-state index is -0.000499. The Labute approximate surface area is 195 Å². The highest BCUT2D eigenvalue weighted by molar-refractivity contribution is 7.80. The highest BCUT2D eigenvalue weighted by Gasteiger charge is 2.42. The van der Waals surface area contributed by atoms with E-state index in [0.29, 0.717) is 5.92 Å². The van der Waals surface area contributed by atoms with Crippen molar-refractivity contribution in [1.82, 2.24) is 19.8 Å². The SMILES string of the molecule is Cc1c([C@@H]2[C@@H](c3ccccn3)NC(=S)N2CC(C)C)c(C)n(-c2cccc(Cl)c2)c1C. The Bertz CT molecular complexity index is 1110. The molecule has 1 fully saturated rings. The van der Waals surface area contributed by atoms with E-state index in [4.69, 9.17) is 23.8 Å². The first-order valence-electron chi connectivity index (χ1n) is 10.7.